The van der Waals surface area contributed by atoms with Gasteiger partial charge in [-0.25, -0.2) is 19.9 Å². The summed E-state index contributed by atoms with van der Waals surface area (Å²) >= 11 is 0. The van der Waals surface area contributed by atoms with Crippen molar-refractivity contribution < 1.29 is 0 Å². The molecule has 5 heteroatoms. The molecule has 61 heavy (non-hydrogen) atoms. The molecule has 1 unspecified atom stereocenters. The zero-order valence-electron chi connectivity index (χ0n) is 33.3. The fourth-order valence-corrected chi connectivity index (χ4v) is 8.46. The average molecular weight is 782 g/mol. The van der Waals surface area contributed by atoms with Crippen LogP contribution in [0.15, 0.2) is 218 Å². The van der Waals surface area contributed by atoms with Crippen molar-refractivity contribution in [2.45, 2.75) is 12.3 Å². The second kappa shape index (κ2) is 15.6. The van der Waals surface area contributed by atoms with Crippen LogP contribution in [-0.2, 0) is 0 Å². The molecule has 0 radical (unpaired) electrons. The van der Waals surface area contributed by atoms with Crippen molar-refractivity contribution in [3.63, 3.8) is 0 Å². The first-order valence-electron chi connectivity index (χ1n) is 20.7. The lowest BCUT2D eigenvalue weighted by Crippen LogP contribution is -2.05. The summed E-state index contributed by atoms with van der Waals surface area (Å²) in [6, 6.07) is 67.9. The van der Waals surface area contributed by atoms with Crippen LogP contribution in [0.25, 0.3) is 95.4 Å². The fourth-order valence-electron chi connectivity index (χ4n) is 8.46. The lowest BCUT2D eigenvalue weighted by molar-refractivity contribution is 0.810. The predicted molar refractivity (Wildman–Crippen MR) is 250 cm³/mol. The number of hydrogen-bond donors (Lipinski definition) is 0. The molecule has 0 bridgehead atoms. The Labute approximate surface area is 354 Å². The highest BCUT2D eigenvalue weighted by Crippen LogP contribution is 2.39. The first kappa shape index (κ1) is 36.1. The molecule has 0 amide bonds. The highest BCUT2D eigenvalue weighted by molar-refractivity contribution is 6.07. The first-order valence-corrected chi connectivity index (χ1v) is 20.7. The van der Waals surface area contributed by atoms with E-state index in [1.807, 2.05) is 36.4 Å². The van der Waals surface area contributed by atoms with Crippen LogP contribution in [0.1, 0.15) is 18.0 Å². The molecule has 10 aromatic rings. The summed E-state index contributed by atoms with van der Waals surface area (Å²) in [4.78, 5) is 20.4. The quantitative estimate of drug-likeness (QED) is 0.154. The van der Waals surface area contributed by atoms with Gasteiger partial charge in [0, 0.05) is 38.9 Å². The van der Waals surface area contributed by atoms with Gasteiger partial charge < -0.3 is 0 Å². The second-order valence-electron chi connectivity index (χ2n) is 15.4. The maximum atomic E-state index is 5.46. The minimum Gasteiger partial charge on any atom is -0.293 e. The summed E-state index contributed by atoms with van der Waals surface area (Å²) in [5, 5.41) is 2.44. The molecule has 0 N–H and O–H groups in total. The molecule has 0 saturated heterocycles. The molecule has 0 aliphatic heterocycles. The Kier molecular flexibility index (Phi) is 9.24. The van der Waals surface area contributed by atoms with Crippen LogP contribution in [0.3, 0.4) is 0 Å². The molecular weight excluding hydrogens is 743 g/mol. The Morgan fingerprint density at radius 1 is 0.377 bits per heavy atom. The van der Waals surface area contributed by atoms with E-state index in [0.29, 0.717) is 17.5 Å². The molecule has 1 aliphatic carbocycles. The summed E-state index contributed by atoms with van der Waals surface area (Å²) in [5.74, 6) is 3.05. The van der Waals surface area contributed by atoms with E-state index in [4.69, 9.17) is 19.9 Å². The van der Waals surface area contributed by atoms with Crippen LogP contribution in [0.2, 0.25) is 0 Å². The normalized spacial score (nSPS) is 13.5. The Hall–Kier alpha value is -8.02. The van der Waals surface area contributed by atoms with Gasteiger partial charge in [0.2, 0.25) is 0 Å². The van der Waals surface area contributed by atoms with Gasteiger partial charge in [-0.2, -0.15) is 0 Å². The van der Waals surface area contributed by atoms with Gasteiger partial charge in [-0.3, -0.25) is 4.40 Å². The van der Waals surface area contributed by atoms with E-state index < -0.39 is 0 Å². The number of allylic oxidation sites excluding steroid dienone is 4. The van der Waals surface area contributed by atoms with Crippen molar-refractivity contribution in [1.82, 2.24) is 24.3 Å². The molecule has 1 atom stereocenters. The predicted octanol–water partition coefficient (Wildman–Crippen LogP) is 13.9. The van der Waals surface area contributed by atoms with Gasteiger partial charge in [0.15, 0.2) is 17.5 Å². The molecule has 0 spiro atoms. The first-order chi connectivity index (χ1) is 30.2. The summed E-state index contributed by atoms with van der Waals surface area (Å²) in [7, 11) is 0. The number of fused-ring (bicyclic) bond motifs is 3. The van der Waals surface area contributed by atoms with Crippen LogP contribution in [-0.4, -0.2) is 24.3 Å². The van der Waals surface area contributed by atoms with E-state index in [1.54, 1.807) is 0 Å². The zero-order chi connectivity index (χ0) is 40.5. The summed E-state index contributed by atoms with van der Waals surface area (Å²) in [6.07, 6.45) is 9.69. The third kappa shape index (κ3) is 6.92. The molecule has 0 fully saturated rings. The van der Waals surface area contributed by atoms with E-state index in [2.05, 4.69) is 186 Å². The fraction of sp³-hybridized carbons (Fsp3) is 0.0357. The summed E-state index contributed by atoms with van der Waals surface area (Å²) in [5.41, 5.74) is 12.9. The zero-order valence-corrected chi connectivity index (χ0v) is 33.3. The smallest absolute Gasteiger partial charge is 0.164 e. The number of nitrogens with zero attached hydrogens (tertiary/aromatic N) is 5. The third-order valence-electron chi connectivity index (χ3n) is 11.6. The van der Waals surface area contributed by atoms with Crippen molar-refractivity contribution in [2.75, 3.05) is 0 Å². The minimum absolute atomic E-state index is 0.213. The van der Waals surface area contributed by atoms with Gasteiger partial charge in [-0.1, -0.05) is 212 Å². The maximum Gasteiger partial charge on any atom is 0.164 e. The summed E-state index contributed by atoms with van der Waals surface area (Å²) in [6.45, 7) is 0. The maximum absolute atomic E-state index is 5.46. The molecule has 0 saturated carbocycles. The Morgan fingerprint density at radius 3 is 1.33 bits per heavy atom. The molecule has 7 aromatic carbocycles. The van der Waals surface area contributed by atoms with Crippen molar-refractivity contribution in [3.8, 4) is 79.1 Å². The highest BCUT2D eigenvalue weighted by Gasteiger charge is 2.22. The number of benzene rings is 7. The van der Waals surface area contributed by atoms with Crippen LogP contribution >= 0.6 is 0 Å². The third-order valence-corrected chi connectivity index (χ3v) is 11.6. The van der Waals surface area contributed by atoms with E-state index in [1.165, 1.54) is 16.3 Å². The van der Waals surface area contributed by atoms with Gasteiger partial charge in [0.05, 0.1) is 16.9 Å². The van der Waals surface area contributed by atoms with Gasteiger partial charge in [0.1, 0.15) is 5.82 Å². The lowest BCUT2D eigenvalue weighted by Gasteiger charge is -2.17. The largest absolute Gasteiger partial charge is 0.293 e. The van der Waals surface area contributed by atoms with Gasteiger partial charge >= 0.3 is 0 Å². The van der Waals surface area contributed by atoms with Crippen molar-refractivity contribution in [1.29, 1.82) is 0 Å². The Bertz CT molecular complexity index is 3220. The molecule has 5 nitrogen and oxygen atoms in total. The van der Waals surface area contributed by atoms with Crippen LogP contribution < -0.4 is 0 Å². The molecule has 11 rings (SSSR count). The van der Waals surface area contributed by atoms with E-state index in [-0.39, 0.29) is 5.92 Å². The van der Waals surface area contributed by atoms with Gasteiger partial charge in [-0.15, -0.1) is 0 Å². The van der Waals surface area contributed by atoms with Crippen LogP contribution in [0.4, 0.5) is 0 Å². The Balaban J connectivity index is 0.960. The van der Waals surface area contributed by atoms with Crippen LogP contribution in [0, 0.1) is 0 Å². The second-order valence-corrected chi connectivity index (χ2v) is 15.4. The van der Waals surface area contributed by atoms with E-state index in [0.717, 1.165) is 73.7 Å². The molecule has 288 valence electrons. The van der Waals surface area contributed by atoms with Crippen molar-refractivity contribution >= 4 is 16.3 Å². The summed E-state index contributed by atoms with van der Waals surface area (Å²) < 4.78 is 2.36. The minimum atomic E-state index is 0.213. The average Bonchev–Trinajstić information content (AvgIpc) is 3.69. The van der Waals surface area contributed by atoms with E-state index >= 15 is 0 Å². The van der Waals surface area contributed by atoms with Crippen LogP contribution in [0.5, 0.6) is 0 Å². The van der Waals surface area contributed by atoms with Crippen molar-refractivity contribution in [2.24, 2.45) is 0 Å². The molecule has 3 aromatic heterocycles. The molecule has 1 aliphatic rings. The Morgan fingerprint density at radius 2 is 0.803 bits per heavy atom. The number of rotatable bonds is 8. The van der Waals surface area contributed by atoms with Crippen molar-refractivity contribution in [3.05, 3.63) is 224 Å². The van der Waals surface area contributed by atoms with Gasteiger partial charge in [0.25, 0.3) is 0 Å². The molecular formula is C56H39N5. The molecule has 3 heterocycles. The van der Waals surface area contributed by atoms with E-state index in [9.17, 15) is 0 Å². The van der Waals surface area contributed by atoms with Gasteiger partial charge in [-0.05, 0) is 40.3 Å². The highest BCUT2D eigenvalue weighted by atomic mass is 15.0. The number of aromatic nitrogens is 5. The monoisotopic (exact) mass is 781 g/mol. The topological polar surface area (TPSA) is 56.0 Å². The standard InChI is InChI=1S/C56H39N5/c1-5-15-38(16-6-1)39-25-31-45(32-26-39)54-58-53(44-21-11-4-12-22-44)59-55(60-54)46-33-27-40(28-34-46)41-29-35-47(36-30-41)56-57-50(42-17-7-2-8-18-42)37-51-48-23-13-14-24-49(48)52(61(51)56)43-19-9-3-10-20-43/h1-17,19-37,42H,18H2. The number of hydrogen-bond acceptors (Lipinski definition) is 4. The lowest BCUT2D eigenvalue weighted by atomic mass is 9.96. The SMILES string of the molecule is C1=CCC(c2cc3c4ccccc4c(-c4ccccc4)n3c(-c3ccc(-c4ccc(-c5nc(-c6ccccc6)nc(-c6ccc(-c7ccccc7)cc6)n5)cc4)cc3)n2)C=C1.